The predicted octanol–water partition coefficient (Wildman–Crippen LogP) is 3.07. The Hall–Kier alpha value is -3.91. The highest BCUT2D eigenvalue weighted by Gasteiger charge is 2.24. The molecule has 34 heavy (non-hydrogen) atoms. The van der Waals surface area contributed by atoms with Crippen molar-refractivity contribution in [1.82, 2.24) is 14.8 Å². The molecule has 8 heteroatoms. The molecule has 1 aromatic heterocycles. The van der Waals surface area contributed by atoms with Crippen molar-refractivity contribution in [3.63, 3.8) is 0 Å². The smallest absolute Gasteiger partial charge is 0.254 e. The summed E-state index contributed by atoms with van der Waals surface area (Å²) in [6.07, 6.45) is 3.43. The van der Waals surface area contributed by atoms with E-state index in [0.717, 1.165) is 11.3 Å². The summed E-state index contributed by atoms with van der Waals surface area (Å²) in [6.45, 7) is 3.07. The first kappa shape index (κ1) is 23.3. The summed E-state index contributed by atoms with van der Waals surface area (Å²) in [6, 6.07) is 18.4. The van der Waals surface area contributed by atoms with E-state index in [-0.39, 0.29) is 11.8 Å². The Kier molecular flexibility index (Phi) is 7.72. The van der Waals surface area contributed by atoms with E-state index in [2.05, 4.69) is 15.2 Å². The standard InChI is InChI=1S/C26H28N4O4/c1-33-24-17-21(7-8-23(24)34-19-20-9-11-27-12-10-20)26(32)30-15-13-29(14-16-30)18-25(31)28-22-5-3-2-4-6-22/h2-12,17H,13-16,18-19H2,1H3,(H,28,31). The number of carbonyl (C=O) groups excluding carboxylic acids is 2. The Morgan fingerprint density at radius 3 is 2.38 bits per heavy atom. The Bertz CT molecular complexity index is 1100. The molecule has 2 amide bonds. The van der Waals surface area contributed by atoms with E-state index < -0.39 is 0 Å². The van der Waals surface area contributed by atoms with Crippen LogP contribution in [0.25, 0.3) is 0 Å². The molecular weight excluding hydrogens is 432 g/mol. The molecule has 2 heterocycles. The number of amides is 2. The molecule has 176 valence electrons. The van der Waals surface area contributed by atoms with Gasteiger partial charge in [-0.05, 0) is 48.0 Å². The largest absolute Gasteiger partial charge is 0.493 e. The van der Waals surface area contributed by atoms with Gasteiger partial charge in [-0.15, -0.1) is 0 Å². The van der Waals surface area contributed by atoms with Crippen LogP contribution in [0.1, 0.15) is 15.9 Å². The van der Waals surface area contributed by atoms with Gasteiger partial charge in [0.05, 0.1) is 13.7 Å². The minimum absolute atomic E-state index is 0.0573. The summed E-state index contributed by atoms with van der Waals surface area (Å²) in [5, 5.41) is 2.90. The summed E-state index contributed by atoms with van der Waals surface area (Å²) in [7, 11) is 1.56. The average Bonchev–Trinajstić information content (AvgIpc) is 2.88. The fourth-order valence-electron chi connectivity index (χ4n) is 3.78. The van der Waals surface area contributed by atoms with Crippen molar-refractivity contribution >= 4 is 17.5 Å². The van der Waals surface area contributed by atoms with Crippen molar-refractivity contribution in [3.05, 3.63) is 84.2 Å². The van der Waals surface area contributed by atoms with Crippen LogP contribution in [0.2, 0.25) is 0 Å². The van der Waals surface area contributed by atoms with Gasteiger partial charge < -0.3 is 19.7 Å². The molecule has 4 rings (SSSR count). The van der Waals surface area contributed by atoms with Crippen molar-refractivity contribution in [2.45, 2.75) is 6.61 Å². The number of nitrogens with one attached hydrogen (secondary N) is 1. The van der Waals surface area contributed by atoms with Gasteiger partial charge in [0, 0.05) is 49.8 Å². The van der Waals surface area contributed by atoms with Gasteiger partial charge in [-0.2, -0.15) is 0 Å². The van der Waals surface area contributed by atoms with E-state index >= 15 is 0 Å². The Morgan fingerprint density at radius 2 is 1.68 bits per heavy atom. The number of piperazine rings is 1. The molecule has 1 aliphatic rings. The second-order valence-electron chi connectivity index (χ2n) is 7.99. The molecule has 1 fully saturated rings. The predicted molar refractivity (Wildman–Crippen MR) is 129 cm³/mol. The number of aromatic nitrogens is 1. The highest BCUT2D eigenvalue weighted by molar-refractivity contribution is 5.95. The minimum atomic E-state index is -0.0626. The van der Waals surface area contributed by atoms with Gasteiger partial charge in [-0.25, -0.2) is 0 Å². The number of pyridine rings is 1. The molecule has 2 aromatic carbocycles. The van der Waals surface area contributed by atoms with E-state index in [9.17, 15) is 9.59 Å². The van der Waals surface area contributed by atoms with Crippen LogP contribution in [0.15, 0.2) is 73.1 Å². The van der Waals surface area contributed by atoms with E-state index in [0.29, 0.717) is 56.4 Å². The molecule has 0 aliphatic carbocycles. The van der Waals surface area contributed by atoms with Crippen LogP contribution in [-0.2, 0) is 11.4 Å². The summed E-state index contributed by atoms with van der Waals surface area (Å²) < 4.78 is 11.3. The first-order chi connectivity index (χ1) is 16.6. The van der Waals surface area contributed by atoms with Gasteiger partial charge in [0.1, 0.15) is 6.61 Å². The van der Waals surface area contributed by atoms with Crippen LogP contribution in [0.4, 0.5) is 5.69 Å². The van der Waals surface area contributed by atoms with Crippen molar-refractivity contribution in [2.75, 3.05) is 45.2 Å². The second kappa shape index (κ2) is 11.3. The molecular formula is C26H28N4O4. The van der Waals surface area contributed by atoms with Gasteiger partial charge in [0.25, 0.3) is 5.91 Å². The van der Waals surface area contributed by atoms with Crippen molar-refractivity contribution < 1.29 is 19.1 Å². The lowest BCUT2D eigenvalue weighted by atomic mass is 10.1. The van der Waals surface area contributed by atoms with Crippen LogP contribution in [0, 0.1) is 0 Å². The topological polar surface area (TPSA) is 84.0 Å². The van der Waals surface area contributed by atoms with Gasteiger partial charge in [-0.1, -0.05) is 18.2 Å². The number of benzene rings is 2. The Morgan fingerprint density at radius 1 is 0.941 bits per heavy atom. The van der Waals surface area contributed by atoms with Crippen LogP contribution in [0.3, 0.4) is 0 Å². The molecule has 0 saturated carbocycles. The van der Waals surface area contributed by atoms with Gasteiger partial charge in [-0.3, -0.25) is 19.5 Å². The summed E-state index contributed by atoms with van der Waals surface area (Å²) in [5.41, 5.74) is 2.32. The number of para-hydroxylation sites is 1. The maximum Gasteiger partial charge on any atom is 0.254 e. The number of carbonyl (C=O) groups is 2. The molecule has 1 saturated heterocycles. The zero-order valence-electron chi connectivity index (χ0n) is 19.1. The van der Waals surface area contributed by atoms with E-state index in [1.54, 1.807) is 42.6 Å². The molecule has 1 N–H and O–H groups in total. The maximum absolute atomic E-state index is 13.1. The second-order valence-corrected chi connectivity index (χ2v) is 7.99. The number of hydrogen-bond acceptors (Lipinski definition) is 6. The number of hydrogen-bond donors (Lipinski definition) is 1. The Balaban J connectivity index is 1.29. The summed E-state index contributed by atoms with van der Waals surface area (Å²) in [5.74, 6) is 0.965. The zero-order valence-corrected chi connectivity index (χ0v) is 19.1. The van der Waals surface area contributed by atoms with Crippen molar-refractivity contribution in [2.24, 2.45) is 0 Å². The van der Waals surface area contributed by atoms with Gasteiger partial charge in [0.15, 0.2) is 11.5 Å². The van der Waals surface area contributed by atoms with E-state index in [1.165, 1.54) is 0 Å². The van der Waals surface area contributed by atoms with Gasteiger partial charge in [0.2, 0.25) is 5.91 Å². The SMILES string of the molecule is COc1cc(C(=O)N2CCN(CC(=O)Nc3ccccc3)CC2)ccc1OCc1ccncc1. The number of nitrogens with zero attached hydrogens (tertiary/aromatic N) is 3. The summed E-state index contributed by atoms with van der Waals surface area (Å²) >= 11 is 0. The molecule has 0 atom stereocenters. The highest BCUT2D eigenvalue weighted by Crippen LogP contribution is 2.29. The zero-order chi connectivity index (χ0) is 23.8. The molecule has 8 nitrogen and oxygen atoms in total. The fraction of sp³-hybridized carbons (Fsp3) is 0.269. The maximum atomic E-state index is 13.1. The third-order valence-corrected chi connectivity index (χ3v) is 5.64. The lowest BCUT2D eigenvalue weighted by Crippen LogP contribution is -2.50. The molecule has 0 radical (unpaired) electrons. The van der Waals surface area contributed by atoms with Crippen LogP contribution in [-0.4, -0.2) is 66.4 Å². The number of methoxy groups -OCH3 is 1. The number of rotatable bonds is 8. The normalized spacial score (nSPS) is 13.9. The van der Waals surface area contributed by atoms with Crippen LogP contribution < -0.4 is 14.8 Å². The molecule has 0 spiro atoms. The number of anilines is 1. The third-order valence-electron chi connectivity index (χ3n) is 5.64. The lowest BCUT2D eigenvalue weighted by molar-refractivity contribution is -0.117. The first-order valence-electron chi connectivity index (χ1n) is 11.2. The molecule has 0 unspecified atom stereocenters. The number of ether oxygens (including phenoxy) is 2. The van der Waals surface area contributed by atoms with Crippen LogP contribution >= 0.6 is 0 Å². The minimum Gasteiger partial charge on any atom is -0.493 e. The van der Waals surface area contributed by atoms with Crippen molar-refractivity contribution in [1.29, 1.82) is 0 Å². The monoisotopic (exact) mass is 460 g/mol. The molecule has 3 aromatic rings. The fourth-order valence-corrected chi connectivity index (χ4v) is 3.78. The highest BCUT2D eigenvalue weighted by atomic mass is 16.5. The van der Waals surface area contributed by atoms with Crippen LogP contribution in [0.5, 0.6) is 11.5 Å². The molecule has 0 bridgehead atoms. The lowest BCUT2D eigenvalue weighted by Gasteiger charge is -2.34. The Labute approximate surface area is 199 Å². The molecule has 1 aliphatic heterocycles. The van der Waals surface area contributed by atoms with Crippen molar-refractivity contribution in [3.8, 4) is 11.5 Å². The van der Waals surface area contributed by atoms with E-state index in [1.807, 2.05) is 42.5 Å². The third kappa shape index (κ3) is 6.11. The quantitative estimate of drug-likeness (QED) is 0.556. The van der Waals surface area contributed by atoms with Gasteiger partial charge >= 0.3 is 0 Å². The van der Waals surface area contributed by atoms with E-state index in [4.69, 9.17) is 9.47 Å². The first-order valence-corrected chi connectivity index (χ1v) is 11.2. The average molecular weight is 461 g/mol. The summed E-state index contributed by atoms with van der Waals surface area (Å²) in [4.78, 5) is 33.2.